The fourth-order valence-corrected chi connectivity index (χ4v) is 4.33. The minimum atomic E-state index is -3.61. The molecule has 0 amide bonds. The third-order valence-electron chi connectivity index (χ3n) is 4.07. The molecule has 124 valence electrons. The van der Waals surface area contributed by atoms with Crippen LogP contribution in [0.4, 0.5) is 0 Å². The maximum Gasteiger partial charge on any atom is 0.243 e. The quantitative estimate of drug-likeness (QED) is 0.813. The first-order chi connectivity index (χ1) is 11.1. The Labute approximate surface area is 135 Å². The first-order valence-electron chi connectivity index (χ1n) is 7.49. The average molecular weight is 337 g/mol. The lowest BCUT2D eigenvalue weighted by atomic mass is 10.0. The Morgan fingerprint density at radius 2 is 2.04 bits per heavy atom. The molecule has 0 aliphatic carbocycles. The van der Waals surface area contributed by atoms with E-state index in [0.29, 0.717) is 38.5 Å². The van der Waals surface area contributed by atoms with E-state index in [-0.39, 0.29) is 11.4 Å². The van der Waals surface area contributed by atoms with Gasteiger partial charge in [-0.25, -0.2) is 8.42 Å². The number of hydrogen-bond donors (Lipinski definition) is 1. The summed E-state index contributed by atoms with van der Waals surface area (Å²) in [6.45, 7) is 3.15. The number of nitrogens with zero attached hydrogens (tertiary/aromatic N) is 2. The fraction of sp³-hybridized carbons (Fsp3) is 0.533. The summed E-state index contributed by atoms with van der Waals surface area (Å²) in [6.07, 6.45) is 0. The van der Waals surface area contributed by atoms with Crippen molar-refractivity contribution < 1.29 is 17.9 Å². The van der Waals surface area contributed by atoms with Crippen LogP contribution in [0.25, 0.3) is 0 Å². The highest BCUT2D eigenvalue weighted by molar-refractivity contribution is 7.89. The monoisotopic (exact) mass is 337 g/mol. The molecule has 2 aliphatic heterocycles. The molecule has 1 aromatic carbocycles. The number of rotatable bonds is 2. The highest BCUT2D eigenvalue weighted by atomic mass is 32.2. The number of morpholine rings is 1. The van der Waals surface area contributed by atoms with Gasteiger partial charge >= 0.3 is 0 Å². The van der Waals surface area contributed by atoms with Crippen LogP contribution in [0.1, 0.15) is 5.56 Å². The lowest BCUT2D eigenvalue weighted by Gasteiger charge is -2.41. The van der Waals surface area contributed by atoms with Crippen LogP contribution in [0.3, 0.4) is 0 Å². The molecule has 0 radical (unpaired) electrons. The number of hydrogen-bond acceptors (Lipinski definition) is 6. The molecule has 2 aliphatic rings. The summed E-state index contributed by atoms with van der Waals surface area (Å²) in [7, 11) is -3.61. The number of benzene rings is 1. The van der Waals surface area contributed by atoms with Gasteiger partial charge < -0.3 is 14.8 Å². The van der Waals surface area contributed by atoms with E-state index < -0.39 is 15.6 Å². The number of ether oxygens (including phenoxy) is 2. The summed E-state index contributed by atoms with van der Waals surface area (Å²) in [4.78, 5) is 0.191. The lowest BCUT2D eigenvalue weighted by Crippen LogP contribution is -2.59. The summed E-state index contributed by atoms with van der Waals surface area (Å²) in [6, 6.07) is 7.95. The van der Waals surface area contributed by atoms with Gasteiger partial charge in [-0.3, -0.25) is 0 Å². The van der Waals surface area contributed by atoms with E-state index in [9.17, 15) is 8.42 Å². The van der Waals surface area contributed by atoms with E-state index in [1.54, 1.807) is 0 Å². The SMILES string of the molecule is N#Cc1ccc(S(=O)(=O)N2CCOC3(CNCCOC3)C2)cc1. The van der Waals surface area contributed by atoms with Gasteiger partial charge in [0.25, 0.3) is 0 Å². The molecule has 2 fully saturated rings. The summed E-state index contributed by atoms with van der Waals surface area (Å²) >= 11 is 0. The molecule has 0 aromatic heterocycles. The minimum Gasteiger partial charge on any atom is -0.377 e. The Kier molecular flexibility index (Phi) is 4.66. The normalized spacial score (nSPS) is 26.6. The molecule has 3 rings (SSSR count). The van der Waals surface area contributed by atoms with Crippen molar-refractivity contribution in [3.8, 4) is 6.07 Å². The first-order valence-corrected chi connectivity index (χ1v) is 8.93. The van der Waals surface area contributed by atoms with Gasteiger partial charge in [0.2, 0.25) is 10.0 Å². The first kappa shape index (κ1) is 16.4. The topological polar surface area (TPSA) is 91.7 Å². The van der Waals surface area contributed by atoms with Crippen molar-refractivity contribution in [3.05, 3.63) is 29.8 Å². The molecule has 7 nitrogen and oxygen atoms in total. The molecule has 2 saturated heterocycles. The molecule has 1 atom stereocenters. The van der Waals surface area contributed by atoms with Crippen LogP contribution >= 0.6 is 0 Å². The minimum absolute atomic E-state index is 0.191. The number of sulfonamides is 1. The van der Waals surface area contributed by atoms with E-state index in [1.165, 1.54) is 28.6 Å². The second-order valence-corrected chi connectivity index (χ2v) is 7.67. The average Bonchev–Trinajstić information content (AvgIpc) is 2.80. The van der Waals surface area contributed by atoms with Gasteiger partial charge in [0, 0.05) is 26.2 Å². The third-order valence-corrected chi connectivity index (χ3v) is 5.93. The standard InChI is InChI=1S/C15H19N3O4S/c16-9-13-1-3-14(4-2-13)23(19,20)18-6-8-22-15(11-18)10-17-5-7-21-12-15/h1-4,17H,5-8,10-12H2. The Morgan fingerprint density at radius 1 is 1.26 bits per heavy atom. The molecule has 1 unspecified atom stereocenters. The molecule has 1 spiro atoms. The smallest absolute Gasteiger partial charge is 0.243 e. The second-order valence-electron chi connectivity index (χ2n) is 5.74. The predicted molar refractivity (Wildman–Crippen MR) is 82.3 cm³/mol. The van der Waals surface area contributed by atoms with Crippen LogP contribution in [0.2, 0.25) is 0 Å². The fourth-order valence-electron chi connectivity index (χ4n) is 2.83. The predicted octanol–water partition coefficient (Wildman–Crippen LogP) is -0.0622. The van der Waals surface area contributed by atoms with Crippen LogP contribution in [0.15, 0.2) is 29.2 Å². The van der Waals surface area contributed by atoms with Crippen LogP contribution in [0, 0.1) is 11.3 Å². The molecule has 0 bridgehead atoms. The maximum atomic E-state index is 12.8. The van der Waals surface area contributed by atoms with Crippen molar-refractivity contribution in [1.29, 1.82) is 5.26 Å². The molecule has 0 saturated carbocycles. The molecule has 2 heterocycles. The van der Waals surface area contributed by atoms with E-state index >= 15 is 0 Å². The van der Waals surface area contributed by atoms with E-state index in [4.69, 9.17) is 14.7 Å². The zero-order valence-corrected chi connectivity index (χ0v) is 13.5. The number of nitrogens with one attached hydrogen (secondary N) is 1. The van der Waals surface area contributed by atoms with Crippen molar-refractivity contribution in [2.45, 2.75) is 10.5 Å². The van der Waals surface area contributed by atoms with Crippen molar-refractivity contribution >= 4 is 10.0 Å². The van der Waals surface area contributed by atoms with Gasteiger partial charge in [-0.05, 0) is 24.3 Å². The Morgan fingerprint density at radius 3 is 2.78 bits per heavy atom. The highest BCUT2D eigenvalue weighted by Crippen LogP contribution is 2.25. The third kappa shape index (κ3) is 3.39. The summed E-state index contributed by atoms with van der Waals surface area (Å²) in [5.74, 6) is 0. The van der Waals surface area contributed by atoms with Crippen molar-refractivity contribution in [2.24, 2.45) is 0 Å². The zero-order chi connectivity index (χ0) is 16.3. The summed E-state index contributed by atoms with van der Waals surface area (Å²) in [5, 5.41) is 12.1. The molecule has 1 N–H and O–H groups in total. The Hall–Kier alpha value is -1.50. The van der Waals surface area contributed by atoms with Gasteiger partial charge in [-0.2, -0.15) is 9.57 Å². The summed E-state index contributed by atoms with van der Waals surface area (Å²) in [5.41, 5.74) is -0.210. The Bertz CT molecular complexity index is 688. The van der Waals surface area contributed by atoms with Crippen LogP contribution in [-0.2, 0) is 19.5 Å². The molecule has 8 heteroatoms. The van der Waals surface area contributed by atoms with Crippen molar-refractivity contribution in [1.82, 2.24) is 9.62 Å². The van der Waals surface area contributed by atoms with Gasteiger partial charge in [-0.15, -0.1) is 0 Å². The molecular formula is C15H19N3O4S. The maximum absolute atomic E-state index is 12.8. The molecular weight excluding hydrogens is 318 g/mol. The van der Waals surface area contributed by atoms with Crippen LogP contribution < -0.4 is 5.32 Å². The summed E-state index contributed by atoms with van der Waals surface area (Å²) < 4.78 is 38.5. The van der Waals surface area contributed by atoms with E-state index in [1.807, 2.05) is 6.07 Å². The number of nitriles is 1. The van der Waals surface area contributed by atoms with Crippen LogP contribution in [-0.4, -0.2) is 64.3 Å². The van der Waals surface area contributed by atoms with E-state index in [0.717, 1.165) is 6.54 Å². The van der Waals surface area contributed by atoms with Gasteiger partial charge in [-0.1, -0.05) is 0 Å². The largest absolute Gasteiger partial charge is 0.377 e. The van der Waals surface area contributed by atoms with Crippen molar-refractivity contribution in [2.75, 3.05) is 46.0 Å². The van der Waals surface area contributed by atoms with Gasteiger partial charge in [0.15, 0.2) is 0 Å². The second kappa shape index (κ2) is 6.55. The van der Waals surface area contributed by atoms with Crippen molar-refractivity contribution in [3.63, 3.8) is 0 Å². The molecule has 23 heavy (non-hydrogen) atoms. The zero-order valence-electron chi connectivity index (χ0n) is 12.7. The van der Waals surface area contributed by atoms with Crippen LogP contribution in [0.5, 0.6) is 0 Å². The highest BCUT2D eigenvalue weighted by Gasteiger charge is 2.42. The van der Waals surface area contributed by atoms with Gasteiger partial charge in [0.05, 0.1) is 36.3 Å². The lowest BCUT2D eigenvalue weighted by molar-refractivity contribution is -0.118. The van der Waals surface area contributed by atoms with Gasteiger partial charge in [0.1, 0.15) is 5.60 Å². The molecule has 1 aromatic rings. The Balaban J connectivity index is 1.82. The van der Waals surface area contributed by atoms with E-state index in [2.05, 4.69) is 5.32 Å².